The van der Waals surface area contributed by atoms with E-state index in [1.165, 1.54) is 6.92 Å². The molecule has 1 saturated heterocycles. The first kappa shape index (κ1) is 53.7. The number of benzene rings is 1. The van der Waals surface area contributed by atoms with Crippen molar-refractivity contribution in [3.63, 3.8) is 0 Å². The van der Waals surface area contributed by atoms with E-state index in [1.807, 2.05) is 6.92 Å². The summed E-state index contributed by atoms with van der Waals surface area (Å²) in [5, 5.41) is 34.3. The summed E-state index contributed by atoms with van der Waals surface area (Å²) < 4.78 is 0. The van der Waals surface area contributed by atoms with Crippen molar-refractivity contribution in [2.75, 3.05) is 19.6 Å². The normalized spacial score (nSPS) is 20.8. The van der Waals surface area contributed by atoms with Crippen molar-refractivity contribution in [2.24, 2.45) is 28.3 Å². The van der Waals surface area contributed by atoms with Crippen LogP contribution in [0.4, 0.5) is 0 Å². The highest BCUT2D eigenvalue weighted by atomic mass is 16.4. The minimum Gasteiger partial charge on any atom is -0.481 e. The number of carboxylic acids is 2. The second-order valence-electron chi connectivity index (χ2n) is 16.0. The van der Waals surface area contributed by atoms with Gasteiger partial charge in [-0.3, -0.25) is 52.9 Å². The van der Waals surface area contributed by atoms with Crippen molar-refractivity contribution >= 4 is 64.9 Å². The first-order valence-electron chi connectivity index (χ1n) is 21.7. The van der Waals surface area contributed by atoms with Crippen LogP contribution in [0.3, 0.4) is 0 Å². The van der Waals surface area contributed by atoms with Crippen molar-refractivity contribution in [2.45, 2.75) is 134 Å². The van der Waals surface area contributed by atoms with Gasteiger partial charge in [0.2, 0.25) is 35.4 Å². The zero-order valence-electron chi connectivity index (χ0n) is 36.7. The fourth-order valence-electron chi connectivity index (χ4n) is 6.75. The summed E-state index contributed by atoms with van der Waals surface area (Å²) >= 11 is 0. The molecule has 6 unspecified atom stereocenters. The van der Waals surface area contributed by atoms with Crippen LogP contribution in [0, 0.1) is 11.8 Å². The molecule has 12 N–H and O–H groups in total. The number of carbonyl (C=O) groups excluding carboxylic acids is 8. The first-order chi connectivity index (χ1) is 30.4. The van der Waals surface area contributed by atoms with Gasteiger partial charge in [-0.25, -0.2) is 0 Å². The van der Waals surface area contributed by atoms with Gasteiger partial charge < -0.3 is 53.6 Å². The predicted molar refractivity (Wildman–Crippen MR) is 233 cm³/mol. The van der Waals surface area contributed by atoms with Crippen LogP contribution in [-0.2, 0) is 54.4 Å². The van der Waals surface area contributed by atoms with Gasteiger partial charge >= 0.3 is 11.9 Å². The number of nitrogens with one attached hydrogen (secondary N) is 6. The maximum atomic E-state index is 14.1. The number of carboxylic acid groups (broad SMARTS) is 2. The lowest BCUT2D eigenvalue weighted by Crippen LogP contribution is -2.59. The van der Waals surface area contributed by atoms with Gasteiger partial charge in [0.05, 0.1) is 24.8 Å². The highest BCUT2D eigenvalue weighted by Crippen LogP contribution is 2.14. The molecular formula is C43H65N9O12. The van der Waals surface area contributed by atoms with Crippen molar-refractivity contribution in [1.29, 1.82) is 0 Å². The number of hydrogen-bond donors (Lipinski definition) is 10. The topological polar surface area (TPSA) is 348 Å². The molecule has 2 rings (SSSR count). The van der Waals surface area contributed by atoms with E-state index in [1.54, 1.807) is 30.3 Å². The highest BCUT2D eigenvalue weighted by molar-refractivity contribution is 5.98. The quantitative estimate of drug-likeness (QED) is 0.0384. The van der Waals surface area contributed by atoms with Gasteiger partial charge in [-0.2, -0.15) is 0 Å². The molecule has 21 heteroatoms. The molecule has 0 aliphatic carbocycles. The number of aliphatic carboxylic acids is 2. The average Bonchev–Trinajstić information content (AvgIpc) is 3.24. The molecule has 1 heterocycles. The van der Waals surface area contributed by atoms with E-state index in [-0.39, 0.29) is 76.2 Å². The number of aliphatic imine (C=N–C) groups is 1. The number of hydrogen-bond acceptors (Lipinski definition) is 11. The Kier molecular flexibility index (Phi) is 24.4. The summed E-state index contributed by atoms with van der Waals surface area (Å²) in [6, 6.07) is 3.49. The number of amides is 6. The Balaban J connectivity index is 2.39. The molecule has 354 valence electrons. The summed E-state index contributed by atoms with van der Waals surface area (Å²) in [7, 11) is 0. The molecule has 6 atom stereocenters. The van der Waals surface area contributed by atoms with E-state index in [4.69, 9.17) is 16.6 Å². The SMILES string of the molecule is CCCCC1NC(=O)C(CCC(=O)NCCCCCC(=O)CC(C)C(=O)O)NC(=O)C(CC(=O)O)CC(=O)CNC(=O)C(CCCN=C(N)N)NC(=O)C(Cc2ccccc2)NC1=O. The molecule has 0 saturated carbocycles. The van der Waals surface area contributed by atoms with Crippen LogP contribution in [0.5, 0.6) is 0 Å². The lowest BCUT2D eigenvalue weighted by atomic mass is 9.96. The van der Waals surface area contributed by atoms with Gasteiger partial charge in [0.1, 0.15) is 30.0 Å². The molecule has 1 aliphatic heterocycles. The molecule has 64 heavy (non-hydrogen) atoms. The predicted octanol–water partition coefficient (Wildman–Crippen LogP) is -0.271. The molecule has 1 fully saturated rings. The van der Waals surface area contributed by atoms with Crippen molar-refractivity contribution in [3.8, 4) is 0 Å². The van der Waals surface area contributed by atoms with Gasteiger partial charge in [-0.15, -0.1) is 0 Å². The molecule has 21 nitrogen and oxygen atoms in total. The zero-order valence-corrected chi connectivity index (χ0v) is 36.7. The van der Waals surface area contributed by atoms with Crippen LogP contribution in [-0.4, -0.2) is 119 Å². The standard InChI is InChI=1S/C43H65N9O12/c1-3-4-15-32-39(60)52-34(22-27-12-7-5-8-13-27)41(62)50-31(16-11-20-47-43(44)45)38(59)48-25-30(54)23-28(24-36(56)57)37(58)49-33(40(61)51-32)17-18-35(55)46-19-10-6-9-14-29(53)21-26(2)42(63)64/h5,7-8,12-13,26,28,31-34H,3-4,6,9-11,14-25H2,1-2H3,(H,46,55)(H,48,59)(H,49,58)(H,50,62)(H,51,61)(H,52,60)(H,56,57)(H,63,64)(H4,44,45,47). The number of ketones is 2. The molecule has 0 spiro atoms. The van der Waals surface area contributed by atoms with Crippen LogP contribution in [0.25, 0.3) is 0 Å². The van der Waals surface area contributed by atoms with E-state index in [0.717, 1.165) is 0 Å². The van der Waals surface area contributed by atoms with Crippen LogP contribution in [0.15, 0.2) is 35.3 Å². The minimum atomic E-state index is -1.50. The fraction of sp³-hybridized carbons (Fsp3) is 0.605. The number of Topliss-reactive ketones (excluding diaryl/α,β-unsaturated/α-hetero) is 2. The second kappa shape index (κ2) is 29.0. The van der Waals surface area contributed by atoms with Crippen LogP contribution in [0.2, 0.25) is 0 Å². The van der Waals surface area contributed by atoms with E-state index < -0.39 is 109 Å². The number of rotatable bonds is 23. The maximum absolute atomic E-state index is 14.1. The van der Waals surface area contributed by atoms with Gasteiger partial charge in [0.25, 0.3) is 0 Å². The van der Waals surface area contributed by atoms with Gasteiger partial charge in [-0.05, 0) is 44.1 Å². The Morgan fingerprint density at radius 1 is 0.750 bits per heavy atom. The number of nitrogens with zero attached hydrogens (tertiary/aromatic N) is 1. The summed E-state index contributed by atoms with van der Waals surface area (Å²) in [5.41, 5.74) is 11.5. The van der Waals surface area contributed by atoms with Crippen LogP contribution < -0.4 is 43.4 Å². The third kappa shape index (κ3) is 21.6. The smallest absolute Gasteiger partial charge is 0.306 e. The lowest BCUT2D eigenvalue weighted by Gasteiger charge is -2.27. The second-order valence-corrected chi connectivity index (χ2v) is 16.0. The van der Waals surface area contributed by atoms with Gasteiger partial charge in [-0.1, -0.05) is 63.4 Å². The van der Waals surface area contributed by atoms with E-state index in [0.29, 0.717) is 37.7 Å². The van der Waals surface area contributed by atoms with Gasteiger partial charge in [0, 0.05) is 45.2 Å². The zero-order chi connectivity index (χ0) is 47.6. The molecule has 0 radical (unpaired) electrons. The molecule has 6 amide bonds. The third-order valence-corrected chi connectivity index (χ3v) is 10.4. The Labute approximate surface area is 372 Å². The van der Waals surface area contributed by atoms with Crippen molar-refractivity contribution in [3.05, 3.63) is 35.9 Å². The Bertz CT molecular complexity index is 1810. The minimum absolute atomic E-state index is 0.00632. The Hall–Kier alpha value is -6.41. The number of nitrogens with two attached hydrogens (primary N) is 2. The monoisotopic (exact) mass is 899 g/mol. The van der Waals surface area contributed by atoms with Crippen molar-refractivity contribution < 1.29 is 58.2 Å². The number of unbranched alkanes of at least 4 members (excludes halogenated alkanes) is 3. The molecular weight excluding hydrogens is 835 g/mol. The highest BCUT2D eigenvalue weighted by Gasteiger charge is 2.34. The molecule has 0 aromatic heterocycles. The fourth-order valence-corrected chi connectivity index (χ4v) is 6.75. The molecule has 0 bridgehead atoms. The summed E-state index contributed by atoms with van der Waals surface area (Å²) in [6.45, 7) is 3.00. The van der Waals surface area contributed by atoms with E-state index in [9.17, 15) is 53.1 Å². The third-order valence-electron chi connectivity index (χ3n) is 10.4. The number of guanidine groups is 1. The molecule has 1 aliphatic rings. The van der Waals surface area contributed by atoms with Crippen LogP contribution in [0.1, 0.15) is 109 Å². The van der Waals surface area contributed by atoms with Crippen LogP contribution >= 0.6 is 0 Å². The Morgan fingerprint density at radius 3 is 1.97 bits per heavy atom. The van der Waals surface area contributed by atoms with Crippen molar-refractivity contribution in [1.82, 2.24) is 31.9 Å². The van der Waals surface area contributed by atoms with E-state index >= 15 is 0 Å². The molecule has 1 aromatic carbocycles. The number of carbonyl (C=O) groups is 10. The lowest BCUT2D eigenvalue weighted by molar-refractivity contribution is -0.143. The first-order valence-corrected chi connectivity index (χ1v) is 21.7. The van der Waals surface area contributed by atoms with E-state index in [2.05, 4.69) is 36.9 Å². The van der Waals surface area contributed by atoms with Gasteiger partial charge in [0.15, 0.2) is 11.7 Å². The maximum Gasteiger partial charge on any atom is 0.306 e. The summed E-state index contributed by atoms with van der Waals surface area (Å²) in [4.78, 5) is 134. The summed E-state index contributed by atoms with van der Waals surface area (Å²) in [6.07, 6.45) is 0.994. The Morgan fingerprint density at radius 2 is 1.34 bits per heavy atom. The summed E-state index contributed by atoms with van der Waals surface area (Å²) in [5.74, 6) is -10.5. The largest absolute Gasteiger partial charge is 0.481 e. The average molecular weight is 900 g/mol. The molecule has 1 aromatic rings.